The largest absolute Gasteiger partial charge is 0.481 e. The first kappa shape index (κ1) is 13.8. The molecule has 1 N–H and O–H groups in total. The van der Waals surface area contributed by atoms with Crippen LogP contribution in [0.5, 0.6) is 0 Å². The van der Waals surface area contributed by atoms with Crippen LogP contribution >= 0.6 is 11.8 Å². The molecule has 0 radical (unpaired) electrons. The minimum atomic E-state index is -0.803. The Kier molecular flexibility index (Phi) is 3.75. The van der Waals surface area contributed by atoms with Gasteiger partial charge in [0.25, 0.3) is 0 Å². The molecule has 0 aliphatic carbocycles. The minimum absolute atomic E-state index is 0.115. The standard InChI is InChI=1S/C12H16N4O2S/c1-12(2,3)16-10-8(6-15-16)11(14-7-13-10)19-5-4-9(17)18/h6-7H,4-5H2,1-3H3,(H,17,18). The van der Waals surface area contributed by atoms with E-state index in [4.69, 9.17) is 5.11 Å². The topological polar surface area (TPSA) is 80.9 Å². The second kappa shape index (κ2) is 5.16. The Morgan fingerprint density at radius 1 is 1.42 bits per heavy atom. The van der Waals surface area contributed by atoms with Crippen LogP contribution in [0.2, 0.25) is 0 Å². The van der Waals surface area contributed by atoms with Gasteiger partial charge in [0, 0.05) is 5.75 Å². The summed E-state index contributed by atoms with van der Waals surface area (Å²) < 4.78 is 1.85. The van der Waals surface area contributed by atoms with Crippen molar-refractivity contribution in [2.45, 2.75) is 37.8 Å². The van der Waals surface area contributed by atoms with Crippen LogP contribution < -0.4 is 0 Å². The van der Waals surface area contributed by atoms with E-state index in [1.54, 1.807) is 6.20 Å². The molecular weight excluding hydrogens is 264 g/mol. The zero-order valence-corrected chi connectivity index (χ0v) is 11.9. The molecule has 2 aromatic heterocycles. The van der Waals surface area contributed by atoms with E-state index in [0.29, 0.717) is 5.75 Å². The molecular formula is C12H16N4O2S. The van der Waals surface area contributed by atoms with Crippen molar-refractivity contribution in [1.82, 2.24) is 19.7 Å². The average molecular weight is 280 g/mol. The highest BCUT2D eigenvalue weighted by Gasteiger charge is 2.19. The van der Waals surface area contributed by atoms with Gasteiger partial charge in [0.1, 0.15) is 11.4 Å². The summed E-state index contributed by atoms with van der Waals surface area (Å²) in [6.45, 7) is 6.16. The predicted octanol–water partition coefficient (Wildman–Crippen LogP) is 2.15. The van der Waals surface area contributed by atoms with Gasteiger partial charge in [-0.15, -0.1) is 11.8 Å². The molecule has 0 aliphatic heterocycles. The first-order valence-corrected chi connectivity index (χ1v) is 6.92. The number of nitrogens with zero attached hydrogens (tertiary/aromatic N) is 4. The first-order chi connectivity index (χ1) is 8.89. The Labute approximate surface area is 115 Å². The molecule has 0 unspecified atom stereocenters. The molecule has 2 rings (SSSR count). The number of carboxylic acids is 1. The number of carboxylic acid groups (broad SMARTS) is 1. The molecule has 6 nitrogen and oxygen atoms in total. The van der Waals surface area contributed by atoms with Crippen molar-refractivity contribution in [3.63, 3.8) is 0 Å². The molecule has 2 aromatic rings. The van der Waals surface area contributed by atoms with Gasteiger partial charge in [-0.3, -0.25) is 4.79 Å². The molecule has 0 spiro atoms. The van der Waals surface area contributed by atoms with Gasteiger partial charge in [-0.2, -0.15) is 5.10 Å². The highest BCUT2D eigenvalue weighted by atomic mass is 32.2. The van der Waals surface area contributed by atoms with Crippen molar-refractivity contribution in [2.75, 3.05) is 5.75 Å². The van der Waals surface area contributed by atoms with E-state index in [1.807, 2.05) is 4.68 Å². The van der Waals surface area contributed by atoms with Crippen LogP contribution in [0, 0.1) is 0 Å². The van der Waals surface area contributed by atoms with Crippen LogP contribution in [0.4, 0.5) is 0 Å². The summed E-state index contributed by atoms with van der Waals surface area (Å²) in [4.78, 5) is 19.0. The van der Waals surface area contributed by atoms with Crippen LogP contribution in [0.25, 0.3) is 11.0 Å². The third kappa shape index (κ3) is 3.04. The molecule has 0 fully saturated rings. The summed E-state index contributed by atoms with van der Waals surface area (Å²) in [6.07, 6.45) is 3.35. The zero-order valence-electron chi connectivity index (χ0n) is 11.1. The third-order valence-electron chi connectivity index (χ3n) is 2.52. The number of aromatic nitrogens is 4. The molecule has 7 heteroatoms. The van der Waals surface area contributed by atoms with Gasteiger partial charge in [0.15, 0.2) is 5.65 Å². The lowest BCUT2D eigenvalue weighted by Gasteiger charge is -2.19. The molecule has 0 bridgehead atoms. The van der Waals surface area contributed by atoms with Crippen LogP contribution in [-0.4, -0.2) is 36.6 Å². The van der Waals surface area contributed by atoms with Crippen molar-refractivity contribution in [1.29, 1.82) is 0 Å². The quantitative estimate of drug-likeness (QED) is 0.682. The van der Waals surface area contributed by atoms with E-state index in [9.17, 15) is 4.79 Å². The lowest BCUT2D eigenvalue weighted by Crippen LogP contribution is -2.23. The monoisotopic (exact) mass is 280 g/mol. The molecule has 0 saturated heterocycles. The second-order valence-electron chi connectivity index (χ2n) is 5.14. The van der Waals surface area contributed by atoms with Gasteiger partial charge in [0.2, 0.25) is 0 Å². The van der Waals surface area contributed by atoms with E-state index < -0.39 is 5.97 Å². The summed E-state index contributed by atoms with van der Waals surface area (Å²) in [7, 11) is 0. The molecule has 0 saturated carbocycles. The van der Waals surface area contributed by atoms with Crippen molar-refractivity contribution in [2.24, 2.45) is 0 Å². The molecule has 0 aliphatic rings. The molecule has 102 valence electrons. The fourth-order valence-electron chi connectivity index (χ4n) is 1.66. The highest BCUT2D eigenvalue weighted by Crippen LogP contribution is 2.27. The van der Waals surface area contributed by atoms with Crippen LogP contribution in [0.1, 0.15) is 27.2 Å². The van der Waals surface area contributed by atoms with Gasteiger partial charge in [0.05, 0.1) is 23.5 Å². The van der Waals surface area contributed by atoms with Crippen molar-refractivity contribution in [3.8, 4) is 0 Å². The molecule has 0 aromatic carbocycles. The fourth-order valence-corrected chi connectivity index (χ4v) is 2.55. The van der Waals surface area contributed by atoms with Crippen molar-refractivity contribution < 1.29 is 9.90 Å². The second-order valence-corrected chi connectivity index (χ2v) is 6.22. The lowest BCUT2D eigenvalue weighted by atomic mass is 10.1. The lowest BCUT2D eigenvalue weighted by molar-refractivity contribution is -0.136. The number of thioether (sulfide) groups is 1. The van der Waals surface area contributed by atoms with E-state index in [-0.39, 0.29) is 12.0 Å². The van der Waals surface area contributed by atoms with Crippen LogP contribution in [0.3, 0.4) is 0 Å². The number of carbonyl (C=O) groups is 1. The summed E-state index contributed by atoms with van der Waals surface area (Å²) in [5.74, 6) is -0.314. The summed E-state index contributed by atoms with van der Waals surface area (Å²) in [6, 6.07) is 0. The fraction of sp³-hybridized carbons (Fsp3) is 0.500. The molecule has 0 amide bonds. The Balaban J connectivity index is 2.31. The van der Waals surface area contributed by atoms with Crippen LogP contribution in [-0.2, 0) is 10.3 Å². The van der Waals surface area contributed by atoms with Gasteiger partial charge in [-0.05, 0) is 20.8 Å². The van der Waals surface area contributed by atoms with Gasteiger partial charge < -0.3 is 5.11 Å². The highest BCUT2D eigenvalue weighted by molar-refractivity contribution is 7.99. The summed E-state index contributed by atoms with van der Waals surface area (Å²) in [5.41, 5.74) is 0.624. The number of rotatable bonds is 4. The molecule has 2 heterocycles. The maximum atomic E-state index is 10.5. The maximum Gasteiger partial charge on any atom is 0.304 e. The van der Waals surface area contributed by atoms with Gasteiger partial charge in [-0.25, -0.2) is 14.6 Å². The normalized spacial score (nSPS) is 11.9. The molecule has 0 atom stereocenters. The Morgan fingerprint density at radius 2 is 2.16 bits per heavy atom. The average Bonchev–Trinajstić information content (AvgIpc) is 2.72. The first-order valence-electron chi connectivity index (χ1n) is 5.93. The number of aliphatic carboxylic acids is 1. The zero-order chi connectivity index (χ0) is 14.0. The Bertz CT molecular complexity index is 603. The number of hydrogen-bond donors (Lipinski definition) is 1. The third-order valence-corrected chi connectivity index (χ3v) is 3.53. The minimum Gasteiger partial charge on any atom is -0.481 e. The number of hydrogen-bond acceptors (Lipinski definition) is 5. The van der Waals surface area contributed by atoms with Crippen molar-refractivity contribution in [3.05, 3.63) is 12.5 Å². The summed E-state index contributed by atoms with van der Waals surface area (Å²) in [5, 5.41) is 14.7. The van der Waals surface area contributed by atoms with E-state index in [2.05, 4.69) is 35.8 Å². The Morgan fingerprint density at radius 3 is 2.79 bits per heavy atom. The SMILES string of the molecule is CC(C)(C)n1ncc2c(SCCC(=O)O)ncnc21. The van der Waals surface area contributed by atoms with Crippen molar-refractivity contribution >= 4 is 28.8 Å². The summed E-state index contributed by atoms with van der Waals surface area (Å²) >= 11 is 1.42. The van der Waals surface area contributed by atoms with E-state index in [0.717, 1.165) is 16.1 Å². The van der Waals surface area contributed by atoms with Gasteiger partial charge >= 0.3 is 5.97 Å². The maximum absolute atomic E-state index is 10.5. The van der Waals surface area contributed by atoms with E-state index >= 15 is 0 Å². The van der Waals surface area contributed by atoms with E-state index in [1.165, 1.54) is 18.1 Å². The van der Waals surface area contributed by atoms with Crippen LogP contribution in [0.15, 0.2) is 17.6 Å². The number of fused-ring (bicyclic) bond motifs is 1. The Hall–Kier alpha value is -1.63. The molecule has 19 heavy (non-hydrogen) atoms. The smallest absolute Gasteiger partial charge is 0.304 e. The van der Waals surface area contributed by atoms with Gasteiger partial charge in [-0.1, -0.05) is 0 Å². The predicted molar refractivity (Wildman–Crippen MR) is 73.3 cm³/mol.